The maximum atomic E-state index is 4.79. The SMILES string of the molecule is CCNc1nc(=S)nc([S-])[nH]1.[Na+]. The van der Waals surface area contributed by atoms with Crippen LogP contribution in [0.25, 0.3) is 0 Å². The van der Waals surface area contributed by atoms with Crippen LogP contribution in [0.15, 0.2) is 5.16 Å². The number of aromatic nitrogens is 3. The van der Waals surface area contributed by atoms with Gasteiger partial charge in [0.15, 0.2) is 0 Å². The largest absolute Gasteiger partial charge is 1.00 e. The third-order valence-electron chi connectivity index (χ3n) is 0.974. The van der Waals surface area contributed by atoms with Crippen LogP contribution >= 0.6 is 12.2 Å². The maximum Gasteiger partial charge on any atom is 1.00 e. The van der Waals surface area contributed by atoms with E-state index in [1.54, 1.807) is 0 Å². The molecule has 0 amide bonds. The molecular weight excluding hydrogens is 203 g/mol. The molecule has 7 heteroatoms. The van der Waals surface area contributed by atoms with E-state index < -0.39 is 0 Å². The Morgan fingerprint density at radius 2 is 2.25 bits per heavy atom. The fourth-order valence-electron chi connectivity index (χ4n) is 0.616. The van der Waals surface area contributed by atoms with Gasteiger partial charge in [-0.05, 0) is 24.3 Å². The van der Waals surface area contributed by atoms with Crippen LogP contribution in [-0.2, 0) is 12.6 Å². The molecule has 1 aromatic rings. The van der Waals surface area contributed by atoms with Crippen LogP contribution in [-0.4, -0.2) is 21.5 Å². The zero-order chi connectivity index (χ0) is 8.27. The van der Waals surface area contributed by atoms with Gasteiger partial charge in [-0.3, -0.25) is 0 Å². The molecule has 0 saturated carbocycles. The van der Waals surface area contributed by atoms with E-state index in [4.69, 9.17) is 24.8 Å². The van der Waals surface area contributed by atoms with Gasteiger partial charge in [-0.2, -0.15) is 4.98 Å². The molecule has 12 heavy (non-hydrogen) atoms. The van der Waals surface area contributed by atoms with E-state index in [1.807, 2.05) is 6.92 Å². The second-order valence-corrected chi connectivity index (χ2v) is 2.57. The van der Waals surface area contributed by atoms with E-state index in [2.05, 4.69) is 20.3 Å². The number of rotatable bonds is 2. The Kier molecular flexibility index (Phi) is 5.94. The molecule has 0 fully saturated rings. The van der Waals surface area contributed by atoms with Crippen molar-refractivity contribution in [3.05, 3.63) is 4.77 Å². The third kappa shape index (κ3) is 3.77. The smallest absolute Gasteiger partial charge is 0.742 e. The number of nitrogens with zero attached hydrogens (tertiary/aromatic N) is 2. The summed E-state index contributed by atoms with van der Waals surface area (Å²) in [5.41, 5.74) is 0. The van der Waals surface area contributed by atoms with E-state index in [0.717, 1.165) is 6.54 Å². The molecule has 60 valence electrons. The quantitative estimate of drug-likeness (QED) is 0.332. The van der Waals surface area contributed by atoms with Crippen LogP contribution in [0.4, 0.5) is 5.95 Å². The molecule has 4 nitrogen and oxygen atoms in total. The minimum absolute atomic E-state index is 0. The molecule has 0 aliphatic rings. The third-order valence-corrected chi connectivity index (χ3v) is 1.35. The Bertz CT molecular complexity index is 300. The van der Waals surface area contributed by atoms with Gasteiger partial charge in [0.05, 0.1) is 0 Å². The van der Waals surface area contributed by atoms with Crippen LogP contribution in [0.5, 0.6) is 0 Å². The van der Waals surface area contributed by atoms with Crippen molar-refractivity contribution in [3.8, 4) is 0 Å². The molecule has 0 bridgehead atoms. The predicted molar refractivity (Wildman–Crippen MR) is 47.0 cm³/mol. The zero-order valence-corrected chi connectivity index (χ0v) is 10.6. The molecule has 0 saturated heterocycles. The van der Waals surface area contributed by atoms with Crippen molar-refractivity contribution >= 4 is 30.8 Å². The molecular formula is C5H7N4NaS2. The second-order valence-electron chi connectivity index (χ2n) is 1.82. The Morgan fingerprint density at radius 1 is 1.58 bits per heavy atom. The summed E-state index contributed by atoms with van der Waals surface area (Å²) >= 11 is 9.54. The first-order valence-corrected chi connectivity index (χ1v) is 3.93. The van der Waals surface area contributed by atoms with Crippen LogP contribution in [0.3, 0.4) is 0 Å². The van der Waals surface area contributed by atoms with E-state index in [-0.39, 0.29) is 34.3 Å². The van der Waals surface area contributed by atoms with Crippen molar-refractivity contribution in [2.45, 2.75) is 12.1 Å². The first-order chi connectivity index (χ1) is 5.22. The standard InChI is InChI=1S/C5H8N4S2.Na/c1-2-6-3-7-4(10)9-5(11)8-3;/h2H2,1H3,(H3,6,7,8,9,10,11);/q;+1/p-1. The molecule has 0 radical (unpaired) electrons. The van der Waals surface area contributed by atoms with Crippen LogP contribution in [0.1, 0.15) is 6.92 Å². The molecule has 2 N–H and O–H groups in total. The molecule has 0 unspecified atom stereocenters. The number of hydrogen-bond donors (Lipinski definition) is 2. The number of aromatic amines is 1. The van der Waals surface area contributed by atoms with Crippen molar-refractivity contribution in [2.24, 2.45) is 0 Å². The monoisotopic (exact) mass is 210 g/mol. The van der Waals surface area contributed by atoms with Crippen LogP contribution in [0.2, 0.25) is 0 Å². The minimum Gasteiger partial charge on any atom is -0.742 e. The average molecular weight is 210 g/mol. The van der Waals surface area contributed by atoms with E-state index >= 15 is 0 Å². The number of H-pyrrole nitrogens is 1. The molecule has 0 aromatic carbocycles. The van der Waals surface area contributed by atoms with Crippen molar-refractivity contribution < 1.29 is 29.6 Å². The summed E-state index contributed by atoms with van der Waals surface area (Å²) in [4.78, 5) is 10.4. The fourth-order valence-corrected chi connectivity index (χ4v) is 1.04. The maximum absolute atomic E-state index is 4.79. The zero-order valence-electron chi connectivity index (χ0n) is 6.92. The molecule has 1 heterocycles. The van der Waals surface area contributed by atoms with Gasteiger partial charge in [0.1, 0.15) is 0 Å². The molecule has 0 atom stereocenters. The van der Waals surface area contributed by atoms with Gasteiger partial charge in [0, 0.05) is 6.54 Å². The number of hydrogen-bond acceptors (Lipinski definition) is 5. The first kappa shape index (κ1) is 12.2. The molecule has 0 aliphatic carbocycles. The summed E-state index contributed by atoms with van der Waals surface area (Å²) in [6.07, 6.45) is 0. The predicted octanol–water partition coefficient (Wildman–Crippen LogP) is -2.12. The van der Waals surface area contributed by atoms with E-state index in [0.29, 0.717) is 11.1 Å². The molecule has 1 aromatic heterocycles. The summed E-state index contributed by atoms with van der Waals surface area (Å²) in [5.74, 6) is 0.581. The van der Waals surface area contributed by atoms with E-state index in [1.165, 1.54) is 0 Å². The van der Waals surface area contributed by atoms with Crippen molar-refractivity contribution in [3.63, 3.8) is 0 Å². The van der Waals surface area contributed by atoms with Gasteiger partial charge >= 0.3 is 29.6 Å². The van der Waals surface area contributed by atoms with Crippen molar-refractivity contribution in [1.29, 1.82) is 0 Å². The summed E-state index contributed by atoms with van der Waals surface area (Å²) in [7, 11) is 0. The van der Waals surface area contributed by atoms with Crippen molar-refractivity contribution in [1.82, 2.24) is 15.0 Å². The molecule has 0 spiro atoms. The Labute approximate surface area is 103 Å². The average Bonchev–Trinajstić information content (AvgIpc) is 1.85. The van der Waals surface area contributed by atoms with Gasteiger partial charge in [0.25, 0.3) is 0 Å². The summed E-state index contributed by atoms with van der Waals surface area (Å²) in [6.45, 7) is 2.74. The van der Waals surface area contributed by atoms with Gasteiger partial charge in [-0.1, -0.05) is 0 Å². The van der Waals surface area contributed by atoms with Crippen LogP contribution < -0.4 is 34.9 Å². The normalized spacial score (nSPS) is 8.75. The molecule has 1 rings (SSSR count). The Morgan fingerprint density at radius 3 is 2.75 bits per heavy atom. The Hall–Kier alpha value is 0.250. The Balaban J connectivity index is 0.00000121. The summed E-state index contributed by atoms with van der Waals surface area (Å²) in [6, 6.07) is 0. The van der Waals surface area contributed by atoms with Gasteiger partial charge in [-0.15, -0.1) is 0 Å². The van der Waals surface area contributed by atoms with E-state index in [9.17, 15) is 0 Å². The van der Waals surface area contributed by atoms with Crippen LogP contribution in [0, 0.1) is 4.77 Å². The topological polar surface area (TPSA) is 53.6 Å². The fraction of sp³-hybridized carbons (Fsp3) is 0.400. The van der Waals surface area contributed by atoms with Gasteiger partial charge in [0.2, 0.25) is 10.7 Å². The van der Waals surface area contributed by atoms with Crippen molar-refractivity contribution in [2.75, 3.05) is 11.9 Å². The second kappa shape index (κ2) is 5.82. The van der Waals surface area contributed by atoms with Gasteiger partial charge < -0.3 is 22.9 Å². The summed E-state index contributed by atoms with van der Waals surface area (Å²) in [5, 5.41) is 3.31. The minimum atomic E-state index is 0. The first-order valence-electron chi connectivity index (χ1n) is 3.11. The number of anilines is 1. The van der Waals surface area contributed by atoms with Gasteiger partial charge in [-0.25, -0.2) is 4.98 Å². The number of nitrogens with one attached hydrogen (secondary N) is 2. The summed E-state index contributed by atoms with van der Waals surface area (Å²) < 4.78 is 0.268. The molecule has 0 aliphatic heterocycles.